The van der Waals surface area contributed by atoms with Crippen molar-refractivity contribution < 1.29 is 14.3 Å². The third kappa shape index (κ3) is 6.56. The Bertz CT molecular complexity index is 821. The Morgan fingerprint density at radius 2 is 1.93 bits per heavy atom. The lowest BCUT2D eigenvalue weighted by molar-refractivity contribution is -0.142. The van der Waals surface area contributed by atoms with E-state index in [4.69, 9.17) is 16.3 Å². The first-order valence-corrected chi connectivity index (χ1v) is 11.8. The number of rotatable bonds is 10. The van der Waals surface area contributed by atoms with Crippen molar-refractivity contribution in [2.45, 2.75) is 45.4 Å². The zero-order chi connectivity index (χ0) is 21.3. The Morgan fingerprint density at radius 3 is 2.57 bits per heavy atom. The van der Waals surface area contributed by atoms with Crippen molar-refractivity contribution in [3.8, 4) is 0 Å². The van der Waals surface area contributed by atoms with Crippen LogP contribution in [0.3, 0.4) is 0 Å². The average Bonchev–Trinajstić information content (AvgIpc) is 3.40. The number of hydrogen-bond donors (Lipinski definition) is 0. The Labute approximate surface area is 187 Å². The summed E-state index contributed by atoms with van der Waals surface area (Å²) in [6, 6.07) is 12.0. The van der Waals surface area contributed by atoms with Crippen molar-refractivity contribution in [3.63, 3.8) is 0 Å². The van der Waals surface area contributed by atoms with Crippen LogP contribution in [0.4, 0.5) is 0 Å². The van der Waals surface area contributed by atoms with E-state index in [2.05, 4.69) is 13.0 Å². The van der Waals surface area contributed by atoms with Crippen molar-refractivity contribution in [1.29, 1.82) is 0 Å². The van der Waals surface area contributed by atoms with E-state index in [9.17, 15) is 9.59 Å². The van der Waals surface area contributed by atoms with Gasteiger partial charge in [-0.1, -0.05) is 30.3 Å². The lowest BCUT2D eigenvalue weighted by Gasteiger charge is -2.29. The highest BCUT2D eigenvalue weighted by Crippen LogP contribution is 2.20. The van der Waals surface area contributed by atoms with Gasteiger partial charge in [0.2, 0.25) is 11.8 Å². The molecule has 0 aliphatic carbocycles. The van der Waals surface area contributed by atoms with Gasteiger partial charge in [0.05, 0.1) is 19.2 Å². The van der Waals surface area contributed by atoms with Crippen LogP contribution in [0.25, 0.3) is 0 Å². The lowest BCUT2D eigenvalue weighted by Crippen LogP contribution is -2.45. The quantitative estimate of drug-likeness (QED) is 0.511. The number of amides is 2. The van der Waals surface area contributed by atoms with Crippen molar-refractivity contribution in [2.24, 2.45) is 0 Å². The number of nitrogens with zero attached hydrogens (tertiary/aromatic N) is 2. The van der Waals surface area contributed by atoms with Crippen molar-refractivity contribution >= 4 is 34.8 Å². The molecule has 2 amide bonds. The molecule has 1 aromatic carbocycles. The summed E-state index contributed by atoms with van der Waals surface area (Å²) in [5.41, 5.74) is 2.25. The molecule has 7 heteroatoms. The monoisotopic (exact) mass is 448 g/mol. The summed E-state index contributed by atoms with van der Waals surface area (Å²) in [5.74, 6) is 0.0883. The molecule has 2 heterocycles. The van der Waals surface area contributed by atoms with E-state index >= 15 is 0 Å². The van der Waals surface area contributed by atoms with Gasteiger partial charge in [-0.2, -0.15) is 0 Å². The second-order valence-electron chi connectivity index (χ2n) is 7.61. The van der Waals surface area contributed by atoms with E-state index < -0.39 is 0 Å². The summed E-state index contributed by atoms with van der Waals surface area (Å²) in [6.07, 6.45) is 2.14. The first-order chi connectivity index (χ1) is 14.6. The van der Waals surface area contributed by atoms with Crippen LogP contribution in [-0.4, -0.2) is 53.3 Å². The van der Waals surface area contributed by atoms with Gasteiger partial charge < -0.3 is 14.5 Å². The number of thiophene rings is 1. The lowest BCUT2D eigenvalue weighted by atomic mass is 10.2. The van der Waals surface area contributed by atoms with Gasteiger partial charge in [0.25, 0.3) is 0 Å². The predicted octanol–water partition coefficient (Wildman–Crippen LogP) is 4.22. The van der Waals surface area contributed by atoms with Crippen LogP contribution in [-0.2, 0) is 27.4 Å². The Morgan fingerprint density at radius 1 is 1.13 bits per heavy atom. The molecule has 1 atom stereocenters. The third-order valence-electron chi connectivity index (χ3n) is 5.31. The van der Waals surface area contributed by atoms with Crippen LogP contribution in [0.1, 0.15) is 35.3 Å². The number of halogens is 1. The summed E-state index contributed by atoms with van der Waals surface area (Å²) < 4.78 is 5.70. The minimum absolute atomic E-state index is 0.000751. The van der Waals surface area contributed by atoms with Gasteiger partial charge in [0, 0.05) is 36.9 Å². The van der Waals surface area contributed by atoms with Gasteiger partial charge >= 0.3 is 0 Å². The molecular formula is C23H29ClN2O3S. The summed E-state index contributed by atoms with van der Waals surface area (Å²) in [5, 5.41) is 2.05. The second-order valence-corrected chi connectivity index (χ2v) is 8.99. The fourth-order valence-electron chi connectivity index (χ4n) is 3.57. The SMILES string of the molecule is Cc1ccsc1CN(Cc1ccccc1)C(=O)CN(CC1CCCO1)C(=O)CCCl. The van der Waals surface area contributed by atoms with E-state index in [0.29, 0.717) is 26.2 Å². The molecule has 1 aliphatic rings. The Kier molecular flexibility index (Phi) is 8.73. The minimum Gasteiger partial charge on any atom is -0.376 e. The van der Waals surface area contributed by atoms with Crippen molar-refractivity contribution in [1.82, 2.24) is 9.80 Å². The molecule has 2 aromatic rings. The summed E-state index contributed by atoms with van der Waals surface area (Å²) in [7, 11) is 0. The van der Waals surface area contributed by atoms with Gasteiger partial charge in [-0.25, -0.2) is 0 Å². The zero-order valence-corrected chi connectivity index (χ0v) is 19.0. The van der Waals surface area contributed by atoms with Gasteiger partial charge in [-0.05, 0) is 42.3 Å². The summed E-state index contributed by atoms with van der Waals surface area (Å²) in [4.78, 5) is 30.6. The summed E-state index contributed by atoms with van der Waals surface area (Å²) in [6.45, 7) is 4.31. The highest BCUT2D eigenvalue weighted by atomic mass is 35.5. The normalized spacial score (nSPS) is 15.9. The molecule has 1 fully saturated rings. The topological polar surface area (TPSA) is 49.9 Å². The number of alkyl halides is 1. The number of aryl methyl sites for hydroxylation is 1. The van der Waals surface area contributed by atoms with Gasteiger partial charge in [-0.3, -0.25) is 9.59 Å². The number of carbonyl (C=O) groups excluding carboxylic acids is 2. The Hall–Kier alpha value is -1.89. The van der Waals surface area contributed by atoms with Crippen LogP contribution in [0.5, 0.6) is 0 Å². The average molecular weight is 449 g/mol. The van der Waals surface area contributed by atoms with E-state index in [0.717, 1.165) is 23.3 Å². The molecule has 0 radical (unpaired) electrons. The largest absolute Gasteiger partial charge is 0.376 e. The molecule has 30 heavy (non-hydrogen) atoms. The molecule has 5 nitrogen and oxygen atoms in total. The van der Waals surface area contributed by atoms with Gasteiger partial charge in [0.15, 0.2) is 0 Å². The fourth-order valence-corrected chi connectivity index (χ4v) is 4.65. The molecule has 1 aromatic heterocycles. The molecule has 162 valence electrons. The van der Waals surface area contributed by atoms with Crippen LogP contribution in [0, 0.1) is 6.92 Å². The van der Waals surface area contributed by atoms with Crippen molar-refractivity contribution in [2.75, 3.05) is 25.6 Å². The second kappa shape index (κ2) is 11.5. The molecule has 1 aliphatic heterocycles. The first-order valence-electron chi connectivity index (χ1n) is 10.4. The summed E-state index contributed by atoms with van der Waals surface area (Å²) >= 11 is 7.46. The minimum atomic E-state index is -0.0965. The van der Waals surface area contributed by atoms with E-state index in [1.807, 2.05) is 40.6 Å². The maximum atomic E-state index is 13.3. The van der Waals surface area contributed by atoms with Crippen LogP contribution in [0.15, 0.2) is 41.8 Å². The maximum absolute atomic E-state index is 13.3. The highest BCUT2D eigenvalue weighted by Gasteiger charge is 2.26. The van der Waals surface area contributed by atoms with Crippen LogP contribution >= 0.6 is 22.9 Å². The van der Waals surface area contributed by atoms with E-state index in [1.54, 1.807) is 16.2 Å². The first kappa shape index (κ1) is 22.8. The van der Waals surface area contributed by atoms with Crippen LogP contribution in [0.2, 0.25) is 0 Å². The number of carbonyl (C=O) groups is 2. The number of benzene rings is 1. The zero-order valence-electron chi connectivity index (χ0n) is 17.4. The molecule has 0 spiro atoms. The Balaban J connectivity index is 1.74. The molecule has 1 saturated heterocycles. The number of hydrogen-bond acceptors (Lipinski definition) is 4. The van der Waals surface area contributed by atoms with E-state index in [-0.39, 0.29) is 36.8 Å². The predicted molar refractivity (Wildman–Crippen MR) is 121 cm³/mol. The third-order valence-corrected chi connectivity index (χ3v) is 6.50. The molecule has 1 unspecified atom stereocenters. The van der Waals surface area contributed by atoms with Gasteiger partial charge in [-0.15, -0.1) is 22.9 Å². The maximum Gasteiger partial charge on any atom is 0.242 e. The van der Waals surface area contributed by atoms with E-state index in [1.165, 1.54) is 5.56 Å². The molecule has 0 N–H and O–H groups in total. The van der Waals surface area contributed by atoms with Gasteiger partial charge in [0.1, 0.15) is 0 Å². The van der Waals surface area contributed by atoms with Crippen molar-refractivity contribution in [3.05, 3.63) is 57.8 Å². The standard InChI is InChI=1S/C23H29ClN2O3S/c1-18-10-13-30-21(18)16-25(14-19-6-3-2-4-7-19)23(28)17-26(22(27)9-11-24)15-20-8-5-12-29-20/h2-4,6-7,10,13,20H,5,8-9,11-12,14-17H2,1H3. The fraction of sp³-hybridized carbons (Fsp3) is 0.478. The highest BCUT2D eigenvalue weighted by molar-refractivity contribution is 7.10. The molecule has 3 rings (SSSR count). The molecular weight excluding hydrogens is 420 g/mol. The van der Waals surface area contributed by atoms with Crippen LogP contribution < -0.4 is 0 Å². The molecule has 0 saturated carbocycles. The number of ether oxygens (including phenoxy) is 1. The molecule has 0 bridgehead atoms. The smallest absolute Gasteiger partial charge is 0.242 e.